The molecule has 2 N–H and O–H groups in total. The number of nitrogens with one attached hydrogen (secondary N) is 1. The Hall–Kier alpha value is 0.160. The molecule has 1 rings (SSSR count). The zero-order valence-electron chi connectivity index (χ0n) is 7.46. The highest BCUT2D eigenvalue weighted by atomic mass is 35.5. The smallest absolute Gasteiger partial charge is 0.196 e. The molecule has 2 atom stereocenters. The molecule has 1 fully saturated rings. The van der Waals surface area contributed by atoms with Gasteiger partial charge in [0.2, 0.25) is 0 Å². The number of hydrogen-bond donors (Lipinski definition) is 2. The Morgan fingerprint density at radius 3 is 2.69 bits per heavy atom. The molecule has 0 aliphatic carbocycles. The van der Waals surface area contributed by atoms with Crippen LogP contribution in [0.5, 0.6) is 0 Å². The van der Waals surface area contributed by atoms with Crippen LogP contribution in [-0.4, -0.2) is 36.3 Å². The maximum Gasteiger partial charge on any atom is 0.196 e. The molecule has 1 aliphatic rings. The average molecular weight is 228 g/mol. The van der Waals surface area contributed by atoms with Crippen LogP contribution in [-0.2, 0) is 9.84 Å². The molecule has 6 heteroatoms. The molecule has 0 bridgehead atoms. The fraction of sp³-hybridized carbons (Fsp3) is 1.00. The molecule has 13 heavy (non-hydrogen) atoms. The van der Waals surface area contributed by atoms with Crippen LogP contribution in [0.2, 0.25) is 0 Å². The fourth-order valence-electron chi connectivity index (χ4n) is 1.31. The average Bonchev–Trinajstić information content (AvgIpc) is 2.24. The van der Waals surface area contributed by atoms with E-state index in [1.165, 1.54) is 0 Å². The second kappa shape index (κ2) is 3.73. The highest BCUT2D eigenvalue weighted by Gasteiger charge is 2.45. The molecule has 1 saturated heterocycles. The molecule has 4 nitrogen and oxygen atoms in total. The van der Waals surface area contributed by atoms with Crippen molar-refractivity contribution in [3.63, 3.8) is 0 Å². The molecular weight excluding hydrogens is 214 g/mol. The van der Waals surface area contributed by atoms with Gasteiger partial charge in [-0.15, -0.1) is 0 Å². The van der Waals surface area contributed by atoms with Crippen molar-refractivity contribution in [2.75, 3.05) is 12.3 Å². The van der Waals surface area contributed by atoms with E-state index in [4.69, 9.17) is 16.7 Å². The van der Waals surface area contributed by atoms with Gasteiger partial charge in [0.15, 0.2) is 14.2 Å². The number of halogens is 1. The maximum absolute atomic E-state index is 11.4. The van der Waals surface area contributed by atoms with Crippen molar-refractivity contribution in [1.29, 1.82) is 0 Å². The second-order valence-corrected chi connectivity index (χ2v) is 6.58. The first-order chi connectivity index (χ1) is 5.87. The lowest BCUT2D eigenvalue weighted by molar-refractivity contribution is 0.188. The first-order valence-corrected chi connectivity index (χ1v) is 6.25. The molecule has 0 saturated carbocycles. The van der Waals surface area contributed by atoms with E-state index in [0.29, 0.717) is 12.8 Å². The highest BCUT2D eigenvalue weighted by molar-refractivity contribution is 7.94. The Balaban J connectivity index is 2.66. The topological polar surface area (TPSA) is 66.4 Å². The number of rotatable bonds is 3. The van der Waals surface area contributed by atoms with Crippen LogP contribution in [0, 0.1) is 0 Å². The van der Waals surface area contributed by atoms with E-state index in [0.717, 1.165) is 0 Å². The van der Waals surface area contributed by atoms with Crippen LogP contribution in [0.4, 0.5) is 0 Å². The third-order valence-electron chi connectivity index (χ3n) is 2.07. The minimum absolute atomic E-state index is 0.128. The summed E-state index contributed by atoms with van der Waals surface area (Å²) in [5.74, 6) is 0.128. The van der Waals surface area contributed by atoms with Crippen molar-refractivity contribution in [2.45, 2.75) is 30.2 Å². The van der Waals surface area contributed by atoms with E-state index in [-0.39, 0.29) is 12.3 Å². The summed E-state index contributed by atoms with van der Waals surface area (Å²) >= 11 is 5.90. The van der Waals surface area contributed by atoms with Crippen LogP contribution < -0.4 is 5.32 Å². The summed E-state index contributed by atoms with van der Waals surface area (Å²) in [7, 11) is -3.24. The predicted molar refractivity (Wildman–Crippen MR) is 51.3 cm³/mol. The van der Waals surface area contributed by atoms with Crippen LogP contribution in [0.25, 0.3) is 0 Å². The molecule has 0 radical (unpaired) electrons. The monoisotopic (exact) mass is 227 g/mol. The van der Waals surface area contributed by atoms with Gasteiger partial charge in [-0.2, -0.15) is 0 Å². The Morgan fingerprint density at radius 2 is 2.31 bits per heavy atom. The fourth-order valence-corrected chi connectivity index (χ4v) is 3.35. The molecule has 0 aromatic carbocycles. The zero-order valence-corrected chi connectivity index (χ0v) is 9.03. The van der Waals surface area contributed by atoms with Crippen LogP contribution in [0.3, 0.4) is 0 Å². The molecule has 0 aromatic heterocycles. The largest absolute Gasteiger partial charge is 0.392 e. The third-order valence-corrected chi connectivity index (χ3v) is 5.25. The number of sulfone groups is 1. The molecule has 0 aromatic rings. The Kier molecular flexibility index (Phi) is 3.22. The van der Waals surface area contributed by atoms with Gasteiger partial charge in [0, 0.05) is 6.54 Å². The van der Waals surface area contributed by atoms with Crippen LogP contribution in [0.15, 0.2) is 0 Å². The van der Waals surface area contributed by atoms with Crippen molar-refractivity contribution >= 4 is 21.4 Å². The molecule has 1 heterocycles. The molecular formula is C7H14ClNO3S. The van der Waals surface area contributed by atoms with Gasteiger partial charge >= 0.3 is 0 Å². The Morgan fingerprint density at radius 1 is 1.69 bits per heavy atom. The summed E-state index contributed by atoms with van der Waals surface area (Å²) in [5.41, 5.74) is 0. The van der Waals surface area contributed by atoms with Crippen molar-refractivity contribution in [2.24, 2.45) is 0 Å². The molecule has 0 amide bonds. The van der Waals surface area contributed by atoms with E-state index in [1.54, 1.807) is 6.92 Å². The van der Waals surface area contributed by atoms with E-state index in [2.05, 4.69) is 5.32 Å². The lowest BCUT2D eigenvalue weighted by Crippen LogP contribution is -2.46. The maximum atomic E-state index is 11.4. The van der Waals surface area contributed by atoms with Crippen molar-refractivity contribution in [3.05, 3.63) is 0 Å². The van der Waals surface area contributed by atoms with Gasteiger partial charge in [-0.1, -0.05) is 11.6 Å². The summed E-state index contributed by atoms with van der Waals surface area (Å²) in [5, 5.41) is 11.7. The van der Waals surface area contributed by atoms with E-state index in [1.807, 2.05) is 0 Å². The van der Waals surface area contributed by atoms with E-state index in [9.17, 15) is 8.42 Å². The van der Waals surface area contributed by atoms with E-state index < -0.39 is 20.3 Å². The predicted octanol–water partition coefficient (Wildman–Crippen LogP) is 0.0580. The van der Waals surface area contributed by atoms with Crippen molar-refractivity contribution in [3.8, 4) is 0 Å². The SMILES string of the molecule is CC(O)CNC1(Cl)CCCS1(=O)=O. The standard InChI is InChI=1S/C7H14ClNO3S/c1-6(10)5-9-7(8)3-2-4-13(7,11)12/h6,9-10H,2-5H2,1H3. The zero-order chi connectivity index (χ0) is 10.1. The number of aliphatic hydroxyl groups is 1. The number of aliphatic hydroxyl groups excluding tert-OH is 1. The summed E-state index contributed by atoms with van der Waals surface area (Å²) in [6.45, 7) is 1.78. The molecule has 1 aliphatic heterocycles. The van der Waals surface area contributed by atoms with Gasteiger partial charge < -0.3 is 5.11 Å². The van der Waals surface area contributed by atoms with Crippen LogP contribution >= 0.6 is 11.6 Å². The minimum Gasteiger partial charge on any atom is -0.392 e. The normalized spacial score (nSPS) is 34.7. The summed E-state index contributed by atoms with van der Waals surface area (Å²) in [4.78, 5) is 0. The van der Waals surface area contributed by atoms with Gasteiger partial charge in [-0.3, -0.25) is 5.32 Å². The van der Waals surface area contributed by atoms with Crippen LogP contribution in [0.1, 0.15) is 19.8 Å². The van der Waals surface area contributed by atoms with E-state index >= 15 is 0 Å². The second-order valence-electron chi connectivity index (χ2n) is 3.38. The Labute approximate surface area is 83.2 Å². The summed E-state index contributed by atoms with van der Waals surface area (Å²) in [6.07, 6.45) is 0.397. The van der Waals surface area contributed by atoms with Gasteiger partial charge in [-0.25, -0.2) is 8.42 Å². The summed E-state index contributed by atoms with van der Waals surface area (Å²) in [6, 6.07) is 0. The Bertz CT molecular complexity index is 277. The minimum atomic E-state index is -3.24. The summed E-state index contributed by atoms with van der Waals surface area (Å²) < 4.78 is 21.5. The quantitative estimate of drug-likeness (QED) is 0.529. The molecule has 2 unspecified atom stereocenters. The lowest BCUT2D eigenvalue weighted by Gasteiger charge is -2.22. The first-order valence-electron chi connectivity index (χ1n) is 4.22. The third kappa shape index (κ3) is 2.34. The molecule has 78 valence electrons. The van der Waals surface area contributed by atoms with Gasteiger partial charge in [0.1, 0.15) is 0 Å². The first kappa shape index (κ1) is 11.2. The van der Waals surface area contributed by atoms with Gasteiger partial charge in [0.25, 0.3) is 0 Å². The van der Waals surface area contributed by atoms with Gasteiger partial charge in [-0.05, 0) is 19.8 Å². The lowest BCUT2D eigenvalue weighted by atomic mass is 10.3. The van der Waals surface area contributed by atoms with Crippen molar-refractivity contribution in [1.82, 2.24) is 5.32 Å². The van der Waals surface area contributed by atoms with Crippen molar-refractivity contribution < 1.29 is 13.5 Å². The number of alkyl halides is 1. The number of hydrogen-bond acceptors (Lipinski definition) is 4. The highest BCUT2D eigenvalue weighted by Crippen LogP contribution is 2.33. The molecule has 0 spiro atoms. The van der Waals surface area contributed by atoms with Gasteiger partial charge in [0.05, 0.1) is 11.9 Å².